The van der Waals surface area contributed by atoms with Gasteiger partial charge in [0.2, 0.25) is 0 Å². The summed E-state index contributed by atoms with van der Waals surface area (Å²) >= 11 is 0. The number of hydrogen-bond donors (Lipinski definition) is 3. The molecule has 0 saturated carbocycles. The van der Waals surface area contributed by atoms with Crippen molar-refractivity contribution in [2.75, 3.05) is 0 Å². The molecule has 0 aliphatic carbocycles. The first-order valence-corrected chi connectivity index (χ1v) is 6.07. The number of ketones is 1. The monoisotopic (exact) mass is 270 g/mol. The van der Waals surface area contributed by atoms with Gasteiger partial charge in [-0.15, -0.1) is 0 Å². The predicted molar refractivity (Wildman–Crippen MR) is 75.1 cm³/mol. The molecule has 2 aromatic carbocycles. The standard InChI is InChI=1S/C16H14O4/c17-12-6-4-11(5-7-12)2-1-3-15(19)14-9-8-13(18)10-16(14)20/h1,3-10,17-18,20H,2H2/b3-1+. The highest BCUT2D eigenvalue weighted by atomic mass is 16.3. The van der Waals surface area contributed by atoms with Crippen LogP contribution in [0.25, 0.3) is 0 Å². The number of rotatable bonds is 4. The van der Waals surface area contributed by atoms with Crippen molar-refractivity contribution in [3.63, 3.8) is 0 Å². The van der Waals surface area contributed by atoms with Gasteiger partial charge in [0.05, 0.1) is 5.56 Å². The highest BCUT2D eigenvalue weighted by Crippen LogP contribution is 2.23. The maximum atomic E-state index is 11.9. The van der Waals surface area contributed by atoms with Gasteiger partial charge in [-0.05, 0) is 42.3 Å². The first-order chi connectivity index (χ1) is 9.56. The second kappa shape index (κ2) is 5.93. The molecule has 0 amide bonds. The number of benzene rings is 2. The van der Waals surface area contributed by atoms with Crippen molar-refractivity contribution in [1.82, 2.24) is 0 Å². The molecule has 0 heterocycles. The van der Waals surface area contributed by atoms with Crippen LogP contribution in [-0.2, 0) is 6.42 Å². The minimum Gasteiger partial charge on any atom is -0.508 e. The Kier molecular flexibility index (Phi) is 4.05. The number of phenols is 3. The van der Waals surface area contributed by atoms with Crippen molar-refractivity contribution in [1.29, 1.82) is 0 Å². The van der Waals surface area contributed by atoms with Crippen LogP contribution in [0.1, 0.15) is 15.9 Å². The highest BCUT2D eigenvalue weighted by molar-refractivity contribution is 6.06. The fraction of sp³-hybridized carbons (Fsp3) is 0.0625. The molecule has 4 heteroatoms. The van der Waals surface area contributed by atoms with Crippen LogP contribution in [0.2, 0.25) is 0 Å². The number of carbonyl (C=O) groups is 1. The molecule has 0 aromatic heterocycles. The molecule has 20 heavy (non-hydrogen) atoms. The van der Waals surface area contributed by atoms with Crippen LogP contribution in [0, 0.1) is 0 Å². The lowest BCUT2D eigenvalue weighted by Gasteiger charge is -2.01. The molecular weight excluding hydrogens is 256 g/mol. The van der Waals surface area contributed by atoms with E-state index in [1.165, 1.54) is 18.2 Å². The molecular formula is C16H14O4. The third kappa shape index (κ3) is 3.38. The maximum absolute atomic E-state index is 11.9. The van der Waals surface area contributed by atoms with E-state index < -0.39 is 0 Å². The van der Waals surface area contributed by atoms with Gasteiger partial charge in [0.15, 0.2) is 5.78 Å². The van der Waals surface area contributed by atoms with E-state index in [-0.39, 0.29) is 28.6 Å². The fourth-order valence-corrected chi connectivity index (χ4v) is 1.75. The summed E-state index contributed by atoms with van der Waals surface area (Å²) in [6, 6.07) is 10.5. The van der Waals surface area contributed by atoms with Crippen LogP contribution >= 0.6 is 0 Å². The second-order valence-corrected chi connectivity index (χ2v) is 4.34. The van der Waals surface area contributed by atoms with Gasteiger partial charge in [-0.1, -0.05) is 18.2 Å². The Morgan fingerprint density at radius 1 is 0.950 bits per heavy atom. The minimum absolute atomic E-state index is 0.0906. The van der Waals surface area contributed by atoms with Gasteiger partial charge in [0.25, 0.3) is 0 Å². The van der Waals surface area contributed by atoms with Crippen LogP contribution in [0.3, 0.4) is 0 Å². The summed E-state index contributed by atoms with van der Waals surface area (Å²) in [5.74, 6) is -0.472. The number of hydrogen-bond acceptors (Lipinski definition) is 4. The molecule has 102 valence electrons. The van der Waals surface area contributed by atoms with E-state index in [9.17, 15) is 9.90 Å². The summed E-state index contributed by atoms with van der Waals surface area (Å²) in [6.45, 7) is 0. The average molecular weight is 270 g/mol. The lowest BCUT2D eigenvalue weighted by Crippen LogP contribution is -1.95. The van der Waals surface area contributed by atoms with E-state index in [2.05, 4.69) is 0 Å². The van der Waals surface area contributed by atoms with Crippen molar-refractivity contribution < 1.29 is 20.1 Å². The summed E-state index contributed by atoms with van der Waals surface area (Å²) in [6.07, 6.45) is 3.60. The normalized spacial score (nSPS) is 10.8. The Labute approximate surface area is 116 Å². The van der Waals surface area contributed by atoms with Crippen LogP contribution in [0.5, 0.6) is 17.2 Å². The predicted octanol–water partition coefficient (Wildman–Crippen LogP) is 2.79. The Balaban J connectivity index is 2.04. The fourth-order valence-electron chi connectivity index (χ4n) is 1.75. The van der Waals surface area contributed by atoms with E-state index in [0.717, 1.165) is 11.6 Å². The molecule has 0 aliphatic rings. The largest absolute Gasteiger partial charge is 0.508 e. The van der Waals surface area contributed by atoms with Crippen molar-refractivity contribution in [3.05, 3.63) is 65.7 Å². The van der Waals surface area contributed by atoms with Crippen LogP contribution in [0.4, 0.5) is 0 Å². The first-order valence-electron chi connectivity index (χ1n) is 6.07. The van der Waals surface area contributed by atoms with Crippen molar-refractivity contribution in [2.45, 2.75) is 6.42 Å². The summed E-state index contributed by atoms with van der Waals surface area (Å²) in [4.78, 5) is 11.9. The quantitative estimate of drug-likeness (QED) is 0.589. The molecule has 0 aliphatic heterocycles. The zero-order valence-corrected chi connectivity index (χ0v) is 10.7. The van der Waals surface area contributed by atoms with Crippen LogP contribution in [-0.4, -0.2) is 21.1 Å². The molecule has 0 spiro atoms. The summed E-state index contributed by atoms with van der Waals surface area (Å²) < 4.78 is 0. The highest BCUT2D eigenvalue weighted by Gasteiger charge is 2.08. The van der Waals surface area contributed by atoms with Gasteiger partial charge < -0.3 is 15.3 Å². The Hall–Kier alpha value is -2.75. The Morgan fingerprint density at radius 3 is 2.25 bits per heavy atom. The molecule has 2 aromatic rings. The zero-order valence-electron chi connectivity index (χ0n) is 10.7. The Bertz CT molecular complexity index is 642. The van der Waals surface area contributed by atoms with Crippen LogP contribution in [0.15, 0.2) is 54.6 Å². The average Bonchev–Trinajstić information content (AvgIpc) is 2.41. The van der Waals surface area contributed by atoms with E-state index >= 15 is 0 Å². The molecule has 0 atom stereocenters. The molecule has 2 rings (SSSR count). The molecule has 4 nitrogen and oxygen atoms in total. The maximum Gasteiger partial charge on any atom is 0.189 e. The van der Waals surface area contributed by atoms with Gasteiger partial charge in [0.1, 0.15) is 17.2 Å². The van der Waals surface area contributed by atoms with Gasteiger partial charge in [-0.3, -0.25) is 4.79 Å². The lowest BCUT2D eigenvalue weighted by atomic mass is 10.1. The molecule has 0 bridgehead atoms. The van der Waals surface area contributed by atoms with Gasteiger partial charge >= 0.3 is 0 Å². The molecule has 0 radical (unpaired) electrons. The molecule has 0 fully saturated rings. The van der Waals surface area contributed by atoms with E-state index in [1.807, 2.05) is 0 Å². The first kappa shape index (κ1) is 13.7. The molecule has 3 N–H and O–H groups in total. The van der Waals surface area contributed by atoms with E-state index in [1.54, 1.807) is 30.3 Å². The number of carbonyl (C=O) groups excluding carboxylic acids is 1. The topological polar surface area (TPSA) is 77.8 Å². The van der Waals surface area contributed by atoms with E-state index in [0.29, 0.717) is 6.42 Å². The van der Waals surface area contributed by atoms with Gasteiger partial charge in [-0.25, -0.2) is 0 Å². The van der Waals surface area contributed by atoms with Crippen LogP contribution < -0.4 is 0 Å². The van der Waals surface area contributed by atoms with Crippen molar-refractivity contribution in [3.8, 4) is 17.2 Å². The number of aromatic hydroxyl groups is 3. The zero-order chi connectivity index (χ0) is 14.5. The summed E-state index contributed by atoms with van der Waals surface area (Å²) in [5, 5.41) is 27.9. The molecule has 0 unspecified atom stereocenters. The Morgan fingerprint density at radius 2 is 1.60 bits per heavy atom. The van der Waals surface area contributed by atoms with Crippen molar-refractivity contribution >= 4 is 5.78 Å². The SMILES string of the molecule is O=C(/C=C/Cc1ccc(O)cc1)c1ccc(O)cc1O. The minimum atomic E-state index is -0.332. The van der Waals surface area contributed by atoms with Gasteiger partial charge in [0, 0.05) is 6.07 Å². The molecule has 0 saturated heterocycles. The third-order valence-corrected chi connectivity index (χ3v) is 2.81. The summed E-state index contributed by atoms with van der Waals surface area (Å²) in [7, 11) is 0. The van der Waals surface area contributed by atoms with Crippen molar-refractivity contribution in [2.24, 2.45) is 0 Å². The lowest BCUT2D eigenvalue weighted by molar-refractivity contribution is 0.104. The third-order valence-electron chi connectivity index (χ3n) is 2.81. The number of allylic oxidation sites excluding steroid dienone is 2. The van der Waals surface area contributed by atoms with Gasteiger partial charge in [-0.2, -0.15) is 0 Å². The smallest absolute Gasteiger partial charge is 0.189 e. The summed E-state index contributed by atoms with van der Waals surface area (Å²) in [5.41, 5.74) is 1.10. The van der Waals surface area contributed by atoms with E-state index in [4.69, 9.17) is 10.2 Å². The number of phenolic OH excluding ortho intramolecular Hbond substituents is 3. The second-order valence-electron chi connectivity index (χ2n) is 4.34.